The lowest BCUT2D eigenvalue weighted by molar-refractivity contribution is -0.213. The van der Waals surface area contributed by atoms with Crippen molar-refractivity contribution in [2.45, 2.75) is 96.6 Å². The maximum atomic E-state index is 14.0. The van der Waals surface area contributed by atoms with E-state index in [4.69, 9.17) is 9.47 Å². The second kappa shape index (κ2) is 8.36. The third-order valence-corrected chi connectivity index (χ3v) is 10.00. The van der Waals surface area contributed by atoms with Crippen LogP contribution in [0.3, 0.4) is 0 Å². The Bertz CT molecular complexity index is 986. The number of fused-ring (bicyclic) bond motifs is 2. The summed E-state index contributed by atoms with van der Waals surface area (Å²) in [6.07, 6.45) is 7.12. The summed E-state index contributed by atoms with van der Waals surface area (Å²) < 4.78 is 11.3. The largest absolute Gasteiger partial charge is 0.497 e. The van der Waals surface area contributed by atoms with E-state index in [1.54, 1.807) is 7.11 Å². The number of piperidine rings is 2. The molecule has 2 saturated heterocycles. The summed E-state index contributed by atoms with van der Waals surface area (Å²) in [6, 6.07) is 6.76. The number of carbonyl (C=O) groups excluding carboxylic acids is 2. The lowest BCUT2D eigenvalue weighted by Gasteiger charge is -2.72. The molecule has 2 saturated carbocycles. The first-order valence-electron chi connectivity index (χ1n) is 13.4. The van der Waals surface area contributed by atoms with Crippen LogP contribution in [0.4, 0.5) is 0 Å². The van der Waals surface area contributed by atoms with Crippen LogP contribution in [0.1, 0.15) is 83.8 Å². The molecule has 34 heavy (non-hydrogen) atoms. The number of ketones is 1. The monoisotopic (exact) mass is 467 g/mol. The molecule has 3 aliphatic carbocycles. The Morgan fingerprint density at radius 1 is 1.15 bits per heavy atom. The van der Waals surface area contributed by atoms with Gasteiger partial charge in [0.05, 0.1) is 13.7 Å². The van der Waals surface area contributed by atoms with Gasteiger partial charge in [0.2, 0.25) is 0 Å². The first kappa shape index (κ1) is 23.8. The lowest BCUT2D eigenvalue weighted by atomic mass is 9.38. The Balaban J connectivity index is 1.66. The van der Waals surface area contributed by atoms with Gasteiger partial charge in [-0.15, -0.1) is 0 Å². The highest BCUT2D eigenvalue weighted by Gasteiger charge is 2.74. The van der Waals surface area contributed by atoms with E-state index < -0.39 is 5.41 Å². The number of ether oxygens (including phenoxy) is 2. The Kier molecular flexibility index (Phi) is 5.86. The van der Waals surface area contributed by atoms with Gasteiger partial charge >= 0.3 is 5.97 Å². The summed E-state index contributed by atoms with van der Waals surface area (Å²) in [5.74, 6) is 1.41. The van der Waals surface area contributed by atoms with Gasteiger partial charge in [-0.25, -0.2) is 0 Å². The predicted molar refractivity (Wildman–Crippen MR) is 132 cm³/mol. The molecule has 1 aromatic carbocycles. The molecule has 4 bridgehead atoms. The Morgan fingerprint density at radius 3 is 2.56 bits per heavy atom. The van der Waals surface area contributed by atoms with Crippen LogP contribution in [0.5, 0.6) is 5.75 Å². The van der Waals surface area contributed by atoms with Crippen molar-refractivity contribution in [3.05, 3.63) is 29.3 Å². The minimum absolute atomic E-state index is 0.104. The molecule has 0 amide bonds. The summed E-state index contributed by atoms with van der Waals surface area (Å²) in [7, 11) is 1.72. The molecule has 5 atom stereocenters. The van der Waals surface area contributed by atoms with Gasteiger partial charge in [0.25, 0.3) is 0 Å². The Morgan fingerprint density at radius 2 is 1.91 bits per heavy atom. The van der Waals surface area contributed by atoms with Crippen LogP contribution in [0.15, 0.2) is 18.2 Å². The van der Waals surface area contributed by atoms with Crippen molar-refractivity contribution in [1.29, 1.82) is 0 Å². The molecule has 0 spiro atoms. The van der Waals surface area contributed by atoms with E-state index in [-0.39, 0.29) is 28.6 Å². The highest BCUT2D eigenvalue weighted by molar-refractivity contribution is 6.05. The van der Waals surface area contributed by atoms with Crippen LogP contribution in [-0.2, 0) is 26.2 Å². The molecule has 0 N–H and O–H groups in total. The van der Waals surface area contributed by atoms with Crippen LogP contribution in [0, 0.1) is 16.7 Å². The van der Waals surface area contributed by atoms with E-state index in [0.717, 1.165) is 38.0 Å². The number of benzene rings is 1. The summed E-state index contributed by atoms with van der Waals surface area (Å²) in [5.41, 5.74) is 1.36. The quantitative estimate of drug-likeness (QED) is 0.374. The van der Waals surface area contributed by atoms with E-state index in [2.05, 4.69) is 43.9 Å². The third kappa shape index (κ3) is 3.22. The van der Waals surface area contributed by atoms with Crippen molar-refractivity contribution in [3.63, 3.8) is 0 Å². The van der Waals surface area contributed by atoms with Gasteiger partial charge in [-0.3, -0.25) is 14.5 Å². The van der Waals surface area contributed by atoms with Crippen molar-refractivity contribution in [2.75, 3.05) is 20.3 Å². The number of methoxy groups -OCH3 is 1. The van der Waals surface area contributed by atoms with E-state index in [1.165, 1.54) is 24.0 Å². The van der Waals surface area contributed by atoms with Crippen LogP contribution in [0.2, 0.25) is 0 Å². The zero-order chi connectivity index (χ0) is 24.3. The molecule has 5 heteroatoms. The summed E-state index contributed by atoms with van der Waals surface area (Å²) in [4.78, 5) is 30.4. The second-order valence-corrected chi connectivity index (χ2v) is 11.7. The summed E-state index contributed by atoms with van der Waals surface area (Å²) >= 11 is 0. The average molecular weight is 468 g/mol. The van der Waals surface area contributed by atoms with E-state index in [1.807, 2.05) is 6.92 Å². The molecule has 186 valence electrons. The maximum absolute atomic E-state index is 14.0. The standard InChI is InChI=1S/C29H41NO4/c1-6-8-9-25(31)29(26(32)34-7-2)18-28(4)23-14-20-12-13-21(33-5)15-22(20)27(28,3)16-24(29)30(23)17-19-10-11-19/h12-13,15,19,23-24H,6-11,14,16-18H2,1-5H3/t23?,24?,27-,28+,29?/m0/s1. The highest BCUT2D eigenvalue weighted by Crippen LogP contribution is 2.69. The lowest BCUT2D eigenvalue weighted by Crippen LogP contribution is -2.79. The summed E-state index contributed by atoms with van der Waals surface area (Å²) in [6.45, 7) is 10.0. The molecule has 2 heterocycles. The van der Waals surface area contributed by atoms with Gasteiger partial charge in [0, 0.05) is 30.5 Å². The van der Waals surface area contributed by atoms with E-state index in [9.17, 15) is 9.59 Å². The van der Waals surface area contributed by atoms with Crippen LogP contribution < -0.4 is 4.74 Å². The molecule has 5 aliphatic rings. The topological polar surface area (TPSA) is 55.8 Å². The molecule has 0 radical (unpaired) electrons. The Labute approximate surface area is 204 Å². The minimum atomic E-state index is -1.05. The van der Waals surface area contributed by atoms with Gasteiger partial charge in [-0.1, -0.05) is 33.3 Å². The third-order valence-electron chi connectivity index (χ3n) is 10.00. The number of hydrogen-bond donors (Lipinski definition) is 0. The number of carbonyl (C=O) groups is 2. The van der Waals surface area contributed by atoms with Crippen molar-refractivity contribution in [1.82, 2.24) is 4.90 Å². The molecular weight excluding hydrogens is 426 g/mol. The van der Waals surface area contributed by atoms with Gasteiger partial charge in [-0.05, 0) is 80.0 Å². The fraction of sp³-hybridized carbons (Fsp3) is 0.724. The molecule has 4 fully saturated rings. The first-order valence-corrected chi connectivity index (χ1v) is 13.4. The number of Topliss-reactive ketones (excluding diaryl/α,β-unsaturated/α-hetero) is 1. The number of hydrogen-bond acceptors (Lipinski definition) is 5. The summed E-state index contributed by atoms with van der Waals surface area (Å²) in [5, 5.41) is 0. The minimum Gasteiger partial charge on any atom is -0.497 e. The van der Waals surface area contributed by atoms with E-state index >= 15 is 0 Å². The second-order valence-electron chi connectivity index (χ2n) is 11.7. The van der Waals surface area contributed by atoms with Crippen LogP contribution in [-0.4, -0.2) is 49.0 Å². The van der Waals surface area contributed by atoms with Crippen molar-refractivity contribution in [2.24, 2.45) is 16.7 Å². The maximum Gasteiger partial charge on any atom is 0.321 e. The van der Waals surface area contributed by atoms with Crippen molar-refractivity contribution in [3.8, 4) is 5.75 Å². The predicted octanol–water partition coefficient (Wildman–Crippen LogP) is 5.08. The molecule has 1 aromatic rings. The number of nitrogens with zero attached hydrogens (tertiary/aromatic N) is 1. The average Bonchev–Trinajstić information content (AvgIpc) is 3.64. The number of rotatable bonds is 9. The van der Waals surface area contributed by atoms with Crippen LogP contribution >= 0.6 is 0 Å². The van der Waals surface area contributed by atoms with Crippen LogP contribution in [0.25, 0.3) is 0 Å². The number of unbranched alkanes of at least 4 members (excludes halogenated alkanes) is 1. The molecule has 6 rings (SSSR count). The molecular formula is C29H41NO4. The molecule has 3 unspecified atom stereocenters. The SMILES string of the molecule is CCCCC(=O)C1(C(=O)OCC)C[C@]2(C)C3Cc4ccc(OC)cc4[C@]2(C)CC1N3CC1CC1. The normalized spacial score (nSPS) is 36.1. The van der Waals surface area contributed by atoms with Crippen molar-refractivity contribution < 1.29 is 19.1 Å². The van der Waals surface area contributed by atoms with E-state index in [0.29, 0.717) is 31.4 Å². The van der Waals surface area contributed by atoms with Gasteiger partial charge in [0.15, 0.2) is 5.78 Å². The van der Waals surface area contributed by atoms with Gasteiger partial charge in [0.1, 0.15) is 11.2 Å². The molecule has 5 nitrogen and oxygen atoms in total. The first-order chi connectivity index (χ1) is 16.2. The number of esters is 1. The van der Waals surface area contributed by atoms with Gasteiger partial charge in [-0.2, -0.15) is 0 Å². The highest BCUT2D eigenvalue weighted by atomic mass is 16.5. The molecule has 2 aliphatic heterocycles. The fourth-order valence-corrected chi connectivity index (χ4v) is 7.78. The zero-order valence-corrected chi connectivity index (χ0v) is 21.6. The van der Waals surface area contributed by atoms with Gasteiger partial charge < -0.3 is 9.47 Å². The Hall–Kier alpha value is -1.88. The molecule has 0 aromatic heterocycles. The zero-order valence-electron chi connectivity index (χ0n) is 21.6. The van der Waals surface area contributed by atoms with Crippen molar-refractivity contribution >= 4 is 11.8 Å². The smallest absolute Gasteiger partial charge is 0.321 e. The fourth-order valence-electron chi connectivity index (χ4n) is 7.78.